The van der Waals surface area contributed by atoms with Crippen LogP contribution < -0.4 is 0 Å². The van der Waals surface area contributed by atoms with Crippen molar-refractivity contribution in [2.45, 2.75) is 6.92 Å². The van der Waals surface area contributed by atoms with Crippen LogP contribution in [0.5, 0.6) is 0 Å². The van der Waals surface area contributed by atoms with Gasteiger partial charge in [-0.25, -0.2) is 19.2 Å². The van der Waals surface area contributed by atoms with E-state index in [0.29, 0.717) is 27.8 Å². The summed E-state index contributed by atoms with van der Waals surface area (Å²) in [6.07, 6.45) is 3.37. The molecule has 0 amide bonds. The Morgan fingerprint density at radius 3 is 2.58 bits per heavy atom. The zero-order chi connectivity index (χ0) is 17.8. The van der Waals surface area contributed by atoms with Crippen LogP contribution in [0, 0.1) is 6.92 Å². The molecule has 4 aromatic heterocycles. The quantitative estimate of drug-likeness (QED) is 0.481. The Hall–Kier alpha value is -3.26. The van der Waals surface area contributed by atoms with Gasteiger partial charge in [-0.1, -0.05) is 29.8 Å². The molecular weight excluding hydrogens is 352 g/mol. The van der Waals surface area contributed by atoms with E-state index < -0.39 is 0 Å². The molecule has 8 nitrogen and oxygen atoms in total. The maximum absolute atomic E-state index is 6.37. The number of halogens is 1. The van der Waals surface area contributed by atoms with Crippen molar-refractivity contribution in [2.24, 2.45) is 7.05 Å². The Balaban J connectivity index is 1.73. The van der Waals surface area contributed by atoms with Gasteiger partial charge in [-0.15, -0.1) is 5.10 Å². The van der Waals surface area contributed by atoms with E-state index in [0.717, 1.165) is 16.8 Å². The predicted molar refractivity (Wildman–Crippen MR) is 97.4 cm³/mol. The van der Waals surface area contributed by atoms with Crippen LogP contribution in [0.2, 0.25) is 5.02 Å². The summed E-state index contributed by atoms with van der Waals surface area (Å²) in [7, 11) is 1.84. The summed E-state index contributed by atoms with van der Waals surface area (Å²) in [6.45, 7) is 1.90. The fourth-order valence-electron chi connectivity index (χ4n) is 2.90. The molecule has 0 aliphatic rings. The van der Waals surface area contributed by atoms with Crippen LogP contribution in [0.15, 0.2) is 42.9 Å². The number of benzene rings is 1. The molecule has 0 saturated carbocycles. The molecule has 26 heavy (non-hydrogen) atoms. The lowest BCUT2D eigenvalue weighted by Gasteiger charge is -2.01. The van der Waals surface area contributed by atoms with Gasteiger partial charge in [-0.05, 0) is 19.1 Å². The monoisotopic (exact) mass is 364 g/mol. The highest BCUT2D eigenvalue weighted by molar-refractivity contribution is 6.33. The van der Waals surface area contributed by atoms with E-state index in [9.17, 15) is 0 Å². The normalized spacial score (nSPS) is 11.7. The minimum Gasteiger partial charge on any atom is -0.271 e. The molecule has 0 bridgehead atoms. The van der Waals surface area contributed by atoms with Crippen LogP contribution in [0.4, 0.5) is 0 Å². The van der Waals surface area contributed by atoms with Crippen molar-refractivity contribution in [1.29, 1.82) is 0 Å². The molecule has 0 radical (unpaired) electrons. The van der Waals surface area contributed by atoms with Crippen LogP contribution in [0.25, 0.3) is 33.9 Å². The van der Waals surface area contributed by atoms with E-state index in [1.54, 1.807) is 26.4 Å². The van der Waals surface area contributed by atoms with E-state index in [1.165, 1.54) is 0 Å². The largest absolute Gasteiger partial charge is 0.271 e. The highest BCUT2D eigenvalue weighted by atomic mass is 35.5. The summed E-state index contributed by atoms with van der Waals surface area (Å²) in [4.78, 5) is 9.13. The van der Waals surface area contributed by atoms with Crippen LogP contribution in [-0.2, 0) is 7.05 Å². The fourth-order valence-corrected chi connectivity index (χ4v) is 3.15. The van der Waals surface area contributed by atoms with Gasteiger partial charge in [0.05, 0.1) is 28.0 Å². The number of para-hydroxylation sites is 1. The first-order valence-corrected chi connectivity index (χ1v) is 8.35. The molecule has 128 valence electrons. The highest BCUT2D eigenvalue weighted by Crippen LogP contribution is 2.28. The van der Waals surface area contributed by atoms with Gasteiger partial charge in [0.25, 0.3) is 0 Å². The van der Waals surface area contributed by atoms with Crippen molar-refractivity contribution < 1.29 is 0 Å². The molecule has 0 spiro atoms. The van der Waals surface area contributed by atoms with Gasteiger partial charge in [0.1, 0.15) is 6.33 Å². The molecule has 1 aromatic carbocycles. The Morgan fingerprint density at radius 2 is 1.85 bits per heavy atom. The standard InChI is InChI=1S/C17H13ClN8/c1-10-13(18)14(22-24(10)2)15-21-17-12-8-20-26(11-6-4-3-5-7-11)16(12)19-9-25(17)23-15/h3-9H,1-2H3. The van der Waals surface area contributed by atoms with E-state index in [4.69, 9.17) is 11.6 Å². The van der Waals surface area contributed by atoms with E-state index in [2.05, 4.69) is 25.3 Å². The molecule has 5 aromatic rings. The second kappa shape index (κ2) is 5.37. The van der Waals surface area contributed by atoms with Crippen LogP contribution in [0.1, 0.15) is 5.69 Å². The van der Waals surface area contributed by atoms with Crippen molar-refractivity contribution in [1.82, 2.24) is 39.1 Å². The number of aryl methyl sites for hydroxylation is 1. The average Bonchev–Trinajstić information content (AvgIpc) is 3.34. The smallest absolute Gasteiger partial charge is 0.204 e. The number of hydrogen-bond donors (Lipinski definition) is 0. The van der Waals surface area contributed by atoms with Crippen LogP contribution in [0.3, 0.4) is 0 Å². The first kappa shape index (κ1) is 15.0. The summed E-state index contributed by atoms with van der Waals surface area (Å²) < 4.78 is 5.11. The molecule has 9 heteroatoms. The van der Waals surface area contributed by atoms with Crippen molar-refractivity contribution in [3.63, 3.8) is 0 Å². The first-order valence-electron chi connectivity index (χ1n) is 7.97. The van der Waals surface area contributed by atoms with Gasteiger partial charge in [0.2, 0.25) is 5.82 Å². The molecular formula is C17H13ClN8. The van der Waals surface area contributed by atoms with Crippen LogP contribution >= 0.6 is 11.6 Å². The highest BCUT2D eigenvalue weighted by Gasteiger charge is 2.19. The summed E-state index contributed by atoms with van der Waals surface area (Å²) in [5.41, 5.74) is 3.72. The predicted octanol–water partition coefficient (Wildman–Crippen LogP) is 2.83. The van der Waals surface area contributed by atoms with Crippen molar-refractivity contribution in [3.05, 3.63) is 53.6 Å². The van der Waals surface area contributed by atoms with Crippen molar-refractivity contribution >= 4 is 28.3 Å². The molecule has 4 heterocycles. The summed E-state index contributed by atoms with van der Waals surface area (Å²) in [5.74, 6) is 0.459. The zero-order valence-electron chi connectivity index (χ0n) is 14.0. The lowest BCUT2D eigenvalue weighted by atomic mass is 10.3. The molecule has 0 unspecified atom stereocenters. The lowest BCUT2D eigenvalue weighted by Crippen LogP contribution is -1.98. The van der Waals surface area contributed by atoms with Gasteiger partial charge in [0, 0.05) is 7.05 Å². The second-order valence-corrected chi connectivity index (χ2v) is 6.33. The van der Waals surface area contributed by atoms with Gasteiger partial charge in [-0.2, -0.15) is 10.2 Å². The number of nitrogens with zero attached hydrogens (tertiary/aromatic N) is 8. The third-order valence-electron chi connectivity index (χ3n) is 4.38. The van der Waals surface area contributed by atoms with Crippen molar-refractivity contribution in [2.75, 3.05) is 0 Å². The summed E-state index contributed by atoms with van der Waals surface area (Å²) in [6, 6.07) is 9.84. The number of fused-ring (bicyclic) bond motifs is 3. The third-order valence-corrected chi connectivity index (χ3v) is 4.83. The molecule has 0 aliphatic heterocycles. The number of hydrogen-bond acceptors (Lipinski definition) is 5. The first-order chi connectivity index (χ1) is 12.6. The third kappa shape index (κ3) is 2.05. The number of rotatable bonds is 2. The number of aromatic nitrogens is 8. The Kier molecular flexibility index (Phi) is 3.10. The summed E-state index contributed by atoms with van der Waals surface area (Å²) in [5, 5.41) is 14.7. The Morgan fingerprint density at radius 1 is 1.04 bits per heavy atom. The topological polar surface area (TPSA) is 78.7 Å². The molecule has 0 aliphatic carbocycles. The molecule has 5 rings (SSSR count). The van der Waals surface area contributed by atoms with Gasteiger partial charge in [-0.3, -0.25) is 4.68 Å². The zero-order valence-corrected chi connectivity index (χ0v) is 14.8. The van der Waals surface area contributed by atoms with E-state index in [-0.39, 0.29) is 0 Å². The molecule has 0 atom stereocenters. The minimum atomic E-state index is 0.459. The molecule has 0 N–H and O–H groups in total. The van der Waals surface area contributed by atoms with Gasteiger partial charge < -0.3 is 0 Å². The maximum atomic E-state index is 6.37. The molecule has 0 saturated heterocycles. The fraction of sp³-hybridized carbons (Fsp3) is 0.118. The van der Waals surface area contributed by atoms with E-state index >= 15 is 0 Å². The lowest BCUT2D eigenvalue weighted by molar-refractivity contribution is 0.741. The summed E-state index contributed by atoms with van der Waals surface area (Å²) >= 11 is 6.37. The van der Waals surface area contributed by atoms with E-state index in [1.807, 2.05) is 44.3 Å². The van der Waals surface area contributed by atoms with Crippen LogP contribution in [-0.4, -0.2) is 39.1 Å². The Labute approximate surface area is 152 Å². The average molecular weight is 365 g/mol. The molecule has 0 fully saturated rings. The Bertz CT molecular complexity index is 1260. The maximum Gasteiger partial charge on any atom is 0.204 e. The minimum absolute atomic E-state index is 0.459. The van der Waals surface area contributed by atoms with Crippen molar-refractivity contribution in [3.8, 4) is 17.2 Å². The SMILES string of the molecule is Cc1c(Cl)c(-c2nc3c4cnn(-c5ccccc5)c4ncn3n2)nn1C. The van der Waals surface area contributed by atoms with Gasteiger partial charge in [0.15, 0.2) is 17.0 Å². The van der Waals surface area contributed by atoms with Gasteiger partial charge >= 0.3 is 0 Å². The second-order valence-electron chi connectivity index (χ2n) is 5.95.